The van der Waals surface area contributed by atoms with Gasteiger partial charge < -0.3 is 4.90 Å². The zero-order valence-electron chi connectivity index (χ0n) is 10.4. The molecule has 3 heteroatoms. The third kappa shape index (κ3) is 2.49. The van der Waals surface area contributed by atoms with Gasteiger partial charge in [-0.05, 0) is 23.8 Å². The van der Waals surface area contributed by atoms with Crippen LogP contribution < -0.4 is 0 Å². The van der Waals surface area contributed by atoms with Crippen LogP contribution in [0.1, 0.15) is 17.3 Å². The minimum absolute atomic E-state index is 0.0509. The Balaban J connectivity index is 2.44. The summed E-state index contributed by atoms with van der Waals surface area (Å²) < 4.78 is 0. The molecule has 0 aliphatic carbocycles. The van der Waals surface area contributed by atoms with Crippen LogP contribution in [0.2, 0.25) is 0 Å². The van der Waals surface area contributed by atoms with E-state index in [4.69, 9.17) is 11.6 Å². The van der Waals surface area contributed by atoms with Gasteiger partial charge in [-0.15, -0.1) is 11.6 Å². The second kappa shape index (κ2) is 5.87. The highest BCUT2D eigenvalue weighted by Crippen LogP contribution is 2.19. The van der Waals surface area contributed by atoms with E-state index in [9.17, 15) is 4.79 Å². The van der Waals surface area contributed by atoms with Crippen molar-refractivity contribution in [3.8, 4) is 0 Å². The summed E-state index contributed by atoms with van der Waals surface area (Å²) in [6.07, 6.45) is 0. The summed E-state index contributed by atoms with van der Waals surface area (Å²) >= 11 is 5.73. The number of nitrogens with zero attached hydrogens (tertiary/aromatic N) is 1. The van der Waals surface area contributed by atoms with Crippen molar-refractivity contribution in [1.82, 2.24) is 4.90 Å². The number of hydrogen-bond donors (Lipinski definition) is 0. The Morgan fingerprint density at radius 3 is 2.61 bits per heavy atom. The minimum Gasteiger partial charge on any atom is -0.338 e. The second-order valence-corrected chi connectivity index (χ2v) is 4.48. The predicted octanol–water partition coefficient (Wildman–Crippen LogP) is 3.54. The van der Waals surface area contributed by atoms with Crippen molar-refractivity contribution in [1.29, 1.82) is 0 Å². The number of rotatable bonds is 4. The maximum atomic E-state index is 12.4. The van der Waals surface area contributed by atoms with Crippen LogP contribution in [0, 0.1) is 0 Å². The molecule has 2 aromatic carbocycles. The summed E-state index contributed by atoms with van der Waals surface area (Å²) in [5, 5.41) is 2.09. The molecule has 0 heterocycles. The van der Waals surface area contributed by atoms with Gasteiger partial charge in [0.1, 0.15) is 0 Å². The largest absolute Gasteiger partial charge is 0.338 e. The van der Waals surface area contributed by atoms with E-state index in [2.05, 4.69) is 0 Å². The lowest BCUT2D eigenvalue weighted by atomic mass is 10.0. The normalized spacial score (nSPS) is 10.6. The zero-order chi connectivity index (χ0) is 13.0. The fourth-order valence-corrected chi connectivity index (χ4v) is 2.29. The number of halogens is 1. The maximum absolute atomic E-state index is 12.4. The van der Waals surface area contributed by atoms with Crippen LogP contribution in [0.25, 0.3) is 10.8 Å². The van der Waals surface area contributed by atoms with E-state index in [-0.39, 0.29) is 5.91 Å². The topological polar surface area (TPSA) is 20.3 Å². The van der Waals surface area contributed by atoms with E-state index < -0.39 is 0 Å². The first-order valence-corrected chi connectivity index (χ1v) is 6.64. The third-order valence-electron chi connectivity index (χ3n) is 3.04. The van der Waals surface area contributed by atoms with Gasteiger partial charge >= 0.3 is 0 Å². The smallest absolute Gasteiger partial charge is 0.254 e. The molecule has 0 aliphatic heterocycles. The van der Waals surface area contributed by atoms with Crippen LogP contribution in [-0.4, -0.2) is 29.8 Å². The number of benzene rings is 2. The number of alkyl halides is 1. The summed E-state index contributed by atoms with van der Waals surface area (Å²) in [7, 11) is 0. The Labute approximate surface area is 112 Å². The lowest BCUT2D eigenvalue weighted by Crippen LogP contribution is -2.32. The number of hydrogen-bond acceptors (Lipinski definition) is 1. The average Bonchev–Trinajstić information content (AvgIpc) is 2.43. The van der Waals surface area contributed by atoms with Crippen molar-refractivity contribution in [3.05, 3.63) is 48.0 Å². The molecule has 0 saturated heterocycles. The van der Waals surface area contributed by atoms with Crippen LogP contribution in [0.4, 0.5) is 0 Å². The molecule has 0 aliphatic rings. The molecular weight excluding hydrogens is 246 g/mol. The van der Waals surface area contributed by atoms with E-state index in [1.165, 1.54) is 0 Å². The van der Waals surface area contributed by atoms with E-state index in [0.717, 1.165) is 16.3 Å². The van der Waals surface area contributed by atoms with Gasteiger partial charge in [0.2, 0.25) is 0 Å². The van der Waals surface area contributed by atoms with Crippen LogP contribution >= 0.6 is 11.6 Å². The molecule has 0 aromatic heterocycles. The van der Waals surface area contributed by atoms with Gasteiger partial charge in [-0.25, -0.2) is 0 Å². The Kier molecular flexibility index (Phi) is 4.21. The highest BCUT2D eigenvalue weighted by Gasteiger charge is 2.15. The first-order chi connectivity index (χ1) is 8.77. The van der Waals surface area contributed by atoms with Crippen LogP contribution in [-0.2, 0) is 0 Å². The monoisotopic (exact) mass is 261 g/mol. The molecule has 0 saturated carbocycles. The molecule has 0 atom stereocenters. The highest BCUT2D eigenvalue weighted by atomic mass is 35.5. The predicted molar refractivity (Wildman–Crippen MR) is 76.2 cm³/mol. The number of amides is 1. The second-order valence-electron chi connectivity index (χ2n) is 4.10. The van der Waals surface area contributed by atoms with Gasteiger partial charge in [-0.2, -0.15) is 0 Å². The molecule has 2 nitrogen and oxygen atoms in total. The third-order valence-corrected chi connectivity index (χ3v) is 3.21. The molecule has 2 rings (SSSR count). The molecule has 0 spiro atoms. The van der Waals surface area contributed by atoms with Gasteiger partial charge in [0, 0.05) is 24.5 Å². The molecule has 0 N–H and O–H groups in total. The summed E-state index contributed by atoms with van der Waals surface area (Å²) in [5.74, 6) is 0.514. The van der Waals surface area contributed by atoms with Crippen LogP contribution in [0.5, 0.6) is 0 Å². The average molecular weight is 262 g/mol. The fourth-order valence-electron chi connectivity index (χ4n) is 2.09. The fraction of sp³-hybridized carbons (Fsp3) is 0.267. The number of carbonyl (C=O) groups excluding carboxylic acids is 1. The van der Waals surface area contributed by atoms with E-state index in [1.807, 2.05) is 49.4 Å². The van der Waals surface area contributed by atoms with Gasteiger partial charge in [-0.3, -0.25) is 4.79 Å². The summed E-state index contributed by atoms with van der Waals surface area (Å²) in [6, 6.07) is 13.8. The van der Waals surface area contributed by atoms with Crippen molar-refractivity contribution < 1.29 is 4.79 Å². The quantitative estimate of drug-likeness (QED) is 0.771. The molecule has 94 valence electrons. The first kappa shape index (κ1) is 12.9. The summed E-state index contributed by atoms with van der Waals surface area (Å²) in [6.45, 7) is 3.23. The van der Waals surface area contributed by atoms with E-state index in [1.54, 1.807) is 4.90 Å². The SMILES string of the molecule is CCN(CCCl)C(=O)c1cccc2ccccc12. The molecule has 1 amide bonds. The van der Waals surface area contributed by atoms with Crippen molar-refractivity contribution in [2.45, 2.75) is 6.92 Å². The lowest BCUT2D eigenvalue weighted by molar-refractivity contribution is 0.0776. The van der Waals surface area contributed by atoms with Crippen LogP contribution in [0.3, 0.4) is 0 Å². The standard InChI is InChI=1S/C15H16ClNO/c1-2-17(11-10-16)15(18)14-9-5-7-12-6-3-4-8-13(12)14/h3-9H,2,10-11H2,1H3. The first-order valence-electron chi connectivity index (χ1n) is 6.11. The highest BCUT2D eigenvalue weighted by molar-refractivity contribution is 6.18. The Bertz CT molecular complexity index is 548. The van der Waals surface area contributed by atoms with Crippen molar-refractivity contribution in [2.24, 2.45) is 0 Å². The van der Waals surface area contributed by atoms with Crippen molar-refractivity contribution in [2.75, 3.05) is 19.0 Å². The van der Waals surface area contributed by atoms with Crippen molar-refractivity contribution >= 4 is 28.3 Å². The minimum atomic E-state index is 0.0509. The maximum Gasteiger partial charge on any atom is 0.254 e. The van der Waals surface area contributed by atoms with Gasteiger partial charge in [-0.1, -0.05) is 36.4 Å². The zero-order valence-corrected chi connectivity index (χ0v) is 11.2. The Hall–Kier alpha value is -1.54. The molecule has 0 fully saturated rings. The van der Waals surface area contributed by atoms with Crippen molar-refractivity contribution in [3.63, 3.8) is 0 Å². The molecule has 0 bridgehead atoms. The molecule has 0 radical (unpaired) electrons. The molecule has 2 aromatic rings. The molecular formula is C15H16ClNO. The Morgan fingerprint density at radius 1 is 1.17 bits per heavy atom. The van der Waals surface area contributed by atoms with Gasteiger partial charge in [0.25, 0.3) is 5.91 Å². The van der Waals surface area contributed by atoms with E-state index in [0.29, 0.717) is 19.0 Å². The van der Waals surface area contributed by atoms with E-state index >= 15 is 0 Å². The lowest BCUT2D eigenvalue weighted by Gasteiger charge is -2.20. The number of fused-ring (bicyclic) bond motifs is 1. The van der Waals surface area contributed by atoms with Crippen LogP contribution in [0.15, 0.2) is 42.5 Å². The summed E-state index contributed by atoms with van der Waals surface area (Å²) in [4.78, 5) is 14.2. The van der Waals surface area contributed by atoms with Gasteiger partial charge in [0.05, 0.1) is 0 Å². The summed E-state index contributed by atoms with van der Waals surface area (Å²) in [5.41, 5.74) is 0.750. The molecule has 18 heavy (non-hydrogen) atoms. The molecule has 0 unspecified atom stereocenters. The Morgan fingerprint density at radius 2 is 1.89 bits per heavy atom. The number of carbonyl (C=O) groups is 1. The van der Waals surface area contributed by atoms with Gasteiger partial charge in [0.15, 0.2) is 0 Å².